The molecule has 0 N–H and O–H groups in total. The summed E-state index contributed by atoms with van der Waals surface area (Å²) in [5.41, 5.74) is 1.68. The van der Waals surface area contributed by atoms with Crippen LogP contribution in [-0.4, -0.2) is 24.0 Å². The van der Waals surface area contributed by atoms with Crippen molar-refractivity contribution >= 4 is 26.0 Å². The number of rotatable bonds is 5. The third-order valence-electron chi connectivity index (χ3n) is 3.68. The van der Waals surface area contributed by atoms with Crippen LogP contribution < -0.4 is 4.74 Å². The zero-order chi connectivity index (χ0) is 18.0. The van der Waals surface area contributed by atoms with E-state index in [1.54, 1.807) is 42.5 Å². The summed E-state index contributed by atoms with van der Waals surface area (Å²) in [4.78, 5) is 4.46. The molecule has 1 aromatic heterocycles. The molecular weight excluding hydrogens is 404 g/mol. The van der Waals surface area contributed by atoms with Gasteiger partial charge in [0.15, 0.2) is 5.82 Å². The number of imidazole rings is 1. The number of aryl methyl sites for hydroxylation is 1. The number of nitrogens with zero attached hydrogens (tertiary/aromatic N) is 2. The first-order valence-corrected chi connectivity index (χ1v) is 9.95. The van der Waals surface area contributed by atoms with E-state index in [1.807, 2.05) is 13.8 Å². The summed E-state index contributed by atoms with van der Waals surface area (Å²) < 4.78 is 33.3. The molecule has 0 spiro atoms. The van der Waals surface area contributed by atoms with Crippen molar-refractivity contribution in [3.63, 3.8) is 0 Å². The van der Waals surface area contributed by atoms with Gasteiger partial charge in [-0.05, 0) is 60.1 Å². The van der Waals surface area contributed by atoms with Crippen LogP contribution in [0.4, 0.5) is 0 Å². The summed E-state index contributed by atoms with van der Waals surface area (Å²) in [7, 11) is -3.72. The Bertz CT molecular complexity index is 995. The fourth-order valence-electron chi connectivity index (χ4n) is 2.42. The minimum atomic E-state index is -3.72. The highest BCUT2D eigenvalue weighted by atomic mass is 79.9. The third-order valence-corrected chi connectivity index (χ3v) is 5.98. The molecular formula is C18H17BrN2O3S. The molecule has 0 atom stereocenters. The first-order valence-electron chi connectivity index (χ1n) is 7.72. The summed E-state index contributed by atoms with van der Waals surface area (Å²) in [6, 6.07) is 12.1. The fraction of sp³-hybridized carbons (Fsp3) is 0.167. The lowest BCUT2D eigenvalue weighted by Crippen LogP contribution is -2.13. The van der Waals surface area contributed by atoms with E-state index in [-0.39, 0.29) is 4.90 Å². The highest BCUT2D eigenvalue weighted by Crippen LogP contribution is 2.31. The molecule has 25 heavy (non-hydrogen) atoms. The molecule has 0 unspecified atom stereocenters. The SMILES string of the molecule is CCOc1ccc(-c2nccn2S(=O)(=O)c2ccc(C)cc2)cc1Br. The lowest BCUT2D eigenvalue weighted by atomic mass is 10.2. The number of aromatic nitrogens is 2. The van der Waals surface area contributed by atoms with Crippen molar-refractivity contribution in [1.29, 1.82) is 0 Å². The molecule has 1 heterocycles. The number of hydrogen-bond donors (Lipinski definition) is 0. The average Bonchev–Trinajstić information content (AvgIpc) is 3.08. The molecule has 130 valence electrons. The topological polar surface area (TPSA) is 61.2 Å². The number of halogens is 1. The van der Waals surface area contributed by atoms with Gasteiger partial charge >= 0.3 is 0 Å². The Labute approximate surface area is 155 Å². The molecule has 0 aliphatic heterocycles. The lowest BCUT2D eigenvalue weighted by Gasteiger charge is -2.11. The van der Waals surface area contributed by atoms with E-state index in [0.29, 0.717) is 23.7 Å². The quantitative estimate of drug-likeness (QED) is 0.618. The second-order valence-corrected chi connectivity index (χ2v) is 8.11. The first-order chi connectivity index (χ1) is 11.9. The molecule has 0 amide bonds. The maximum absolute atomic E-state index is 12.9. The second-order valence-electron chi connectivity index (χ2n) is 5.44. The lowest BCUT2D eigenvalue weighted by molar-refractivity contribution is 0.338. The average molecular weight is 421 g/mol. The highest BCUT2D eigenvalue weighted by Gasteiger charge is 2.21. The van der Waals surface area contributed by atoms with Crippen molar-refractivity contribution in [2.75, 3.05) is 6.61 Å². The van der Waals surface area contributed by atoms with E-state index in [0.717, 1.165) is 10.0 Å². The van der Waals surface area contributed by atoms with Gasteiger partial charge in [-0.15, -0.1) is 0 Å². The first kappa shape index (κ1) is 17.7. The van der Waals surface area contributed by atoms with Gasteiger partial charge in [0.1, 0.15) is 5.75 Å². The Balaban J connectivity index is 2.06. The molecule has 2 aromatic carbocycles. The molecule has 0 aliphatic carbocycles. The Hall–Kier alpha value is -2.12. The molecule has 0 saturated carbocycles. The summed E-state index contributed by atoms with van der Waals surface area (Å²) in [6.07, 6.45) is 2.93. The Morgan fingerprint density at radius 3 is 2.52 bits per heavy atom. The van der Waals surface area contributed by atoms with Crippen LogP contribution in [-0.2, 0) is 10.0 Å². The van der Waals surface area contributed by atoms with Crippen LogP contribution in [0.15, 0.2) is 64.2 Å². The molecule has 3 aromatic rings. The van der Waals surface area contributed by atoms with Crippen molar-refractivity contribution in [3.05, 3.63) is 64.9 Å². The van der Waals surface area contributed by atoms with Crippen LogP contribution in [0.5, 0.6) is 5.75 Å². The maximum atomic E-state index is 12.9. The van der Waals surface area contributed by atoms with Gasteiger partial charge in [-0.2, -0.15) is 0 Å². The van der Waals surface area contributed by atoms with Crippen LogP contribution in [0.3, 0.4) is 0 Å². The smallest absolute Gasteiger partial charge is 0.269 e. The molecule has 0 aliphatic rings. The monoisotopic (exact) mass is 420 g/mol. The minimum absolute atomic E-state index is 0.224. The van der Waals surface area contributed by atoms with Gasteiger partial charge in [0.2, 0.25) is 0 Å². The Kier molecular flexibility index (Phi) is 4.96. The molecule has 0 bridgehead atoms. The van der Waals surface area contributed by atoms with Gasteiger partial charge in [-0.1, -0.05) is 17.7 Å². The Morgan fingerprint density at radius 1 is 1.16 bits per heavy atom. The van der Waals surface area contributed by atoms with Gasteiger partial charge < -0.3 is 4.74 Å². The normalized spacial score (nSPS) is 11.5. The summed E-state index contributed by atoms with van der Waals surface area (Å²) in [5, 5.41) is 0. The predicted octanol–water partition coefficient (Wildman–Crippen LogP) is 4.26. The van der Waals surface area contributed by atoms with Gasteiger partial charge in [0.25, 0.3) is 10.0 Å². The van der Waals surface area contributed by atoms with Crippen molar-refractivity contribution in [2.45, 2.75) is 18.7 Å². The van der Waals surface area contributed by atoms with E-state index >= 15 is 0 Å². The van der Waals surface area contributed by atoms with Crippen molar-refractivity contribution < 1.29 is 13.2 Å². The molecule has 7 heteroatoms. The summed E-state index contributed by atoms with van der Waals surface area (Å²) in [5.74, 6) is 1.05. The van der Waals surface area contributed by atoms with Crippen LogP contribution in [0.2, 0.25) is 0 Å². The van der Waals surface area contributed by atoms with E-state index in [1.165, 1.54) is 16.4 Å². The van der Waals surface area contributed by atoms with Crippen LogP contribution >= 0.6 is 15.9 Å². The summed E-state index contributed by atoms with van der Waals surface area (Å²) >= 11 is 3.45. The molecule has 5 nitrogen and oxygen atoms in total. The van der Waals surface area contributed by atoms with Crippen LogP contribution in [0.1, 0.15) is 12.5 Å². The molecule has 0 fully saturated rings. The maximum Gasteiger partial charge on any atom is 0.269 e. The Morgan fingerprint density at radius 2 is 1.88 bits per heavy atom. The zero-order valence-electron chi connectivity index (χ0n) is 13.8. The van der Waals surface area contributed by atoms with E-state index < -0.39 is 10.0 Å². The molecule has 0 saturated heterocycles. The second kappa shape index (κ2) is 7.01. The van der Waals surface area contributed by atoms with E-state index in [2.05, 4.69) is 20.9 Å². The predicted molar refractivity (Wildman–Crippen MR) is 100 cm³/mol. The molecule has 0 radical (unpaired) electrons. The van der Waals surface area contributed by atoms with Crippen molar-refractivity contribution in [1.82, 2.24) is 8.96 Å². The van der Waals surface area contributed by atoms with Gasteiger partial charge in [0, 0.05) is 18.0 Å². The van der Waals surface area contributed by atoms with Gasteiger partial charge in [-0.3, -0.25) is 0 Å². The largest absolute Gasteiger partial charge is 0.493 e. The van der Waals surface area contributed by atoms with Crippen LogP contribution in [0, 0.1) is 6.92 Å². The van der Waals surface area contributed by atoms with Gasteiger partial charge in [0.05, 0.1) is 16.0 Å². The fourth-order valence-corrected chi connectivity index (χ4v) is 4.22. The minimum Gasteiger partial charge on any atom is -0.493 e. The third kappa shape index (κ3) is 3.48. The summed E-state index contributed by atoms with van der Waals surface area (Å²) in [6.45, 7) is 4.37. The standard InChI is InChI=1S/C18H17BrN2O3S/c1-3-24-17-9-6-14(12-16(17)19)18-20-10-11-21(18)25(22,23)15-7-4-13(2)5-8-15/h4-12H,3H2,1-2H3. The number of hydrogen-bond acceptors (Lipinski definition) is 4. The van der Waals surface area contributed by atoms with Gasteiger partial charge in [-0.25, -0.2) is 17.4 Å². The van der Waals surface area contributed by atoms with E-state index in [9.17, 15) is 8.42 Å². The zero-order valence-corrected chi connectivity index (χ0v) is 16.2. The van der Waals surface area contributed by atoms with Crippen molar-refractivity contribution in [3.8, 4) is 17.1 Å². The number of benzene rings is 2. The van der Waals surface area contributed by atoms with Crippen molar-refractivity contribution in [2.24, 2.45) is 0 Å². The number of ether oxygens (including phenoxy) is 1. The molecule has 3 rings (SSSR count). The van der Waals surface area contributed by atoms with E-state index in [4.69, 9.17) is 4.74 Å². The highest BCUT2D eigenvalue weighted by molar-refractivity contribution is 9.10. The van der Waals surface area contributed by atoms with Crippen LogP contribution in [0.25, 0.3) is 11.4 Å².